The summed E-state index contributed by atoms with van der Waals surface area (Å²) in [6, 6.07) is 1.87. The van der Waals surface area contributed by atoms with E-state index in [0.717, 1.165) is 24.0 Å². The molecule has 6 rings (SSSR count). The van der Waals surface area contributed by atoms with Crippen LogP contribution in [0.3, 0.4) is 0 Å². The van der Waals surface area contributed by atoms with Crippen molar-refractivity contribution < 1.29 is 28.2 Å². The lowest BCUT2D eigenvalue weighted by molar-refractivity contribution is -0.247. The van der Waals surface area contributed by atoms with Gasteiger partial charge in [-0.05, 0) is 31.2 Å². The van der Waals surface area contributed by atoms with E-state index in [1.807, 2.05) is 12.1 Å². The fourth-order valence-electron chi connectivity index (χ4n) is 6.15. The maximum atomic E-state index is 13.2. The maximum Gasteiger partial charge on any atom is 0.335 e. The molecule has 3 saturated heterocycles. The minimum Gasteiger partial charge on any atom is -0.472 e. The van der Waals surface area contributed by atoms with Gasteiger partial charge in [0, 0.05) is 12.0 Å². The Labute approximate surface area is 149 Å². The number of hydrogen-bond acceptors (Lipinski definition) is 6. The first-order valence-electron chi connectivity index (χ1n) is 9.07. The second kappa shape index (κ2) is 4.49. The van der Waals surface area contributed by atoms with E-state index in [4.69, 9.17) is 18.6 Å². The number of furan rings is 1. The summed E-state index contributed by atoms with van der Waals surface area (Å²) in [7, 11) is 0. The first-order chi connectivity index (χ1) is 12.6. The molecule has 0 unspecified atom stereocenters. The summed E-state index contributed by atoms with van der Waals surface area (Å²) in [6.45, 7) is 4.33. The van der Waals surface area contributed by atoms with Crippen LogP contribution in [0.1, 0.15) is 37.4 Å². The van der Waals surface area contributed by atoms with Gasteiger partial charge in [-0.3, -0.25) is 4.79 Å². The predicted molar refractivity (Wildman–Crippen MR) is 86.3 cm³/mol. The van der Waals surface area contributed by atoms with E-state index >= 15 is 0 Å². The number of rotatable bonds is 1. The summed E-state index contributed by atoms with van der Waals surface area (Å²) in [4.78, 5) is 25.7. The molecule has 2 bridgehead atoms. The Morgan fingerprint density at radius 2 is 2.12 bits per heavy atom. The van der Waals surface area contributed by atoms with Crippen LogP contribution in [0.2, 0.25) is 0 Å². The van der Waals surface area contributed by atoms with E-state index in [9.17, 15) is 9.59 Å². The lowest BCUT2D eigenvalue weighted by Gasteiger charge is -2.58. The van der Waals surface area contributed by atoms with E-state index in [2.05, 4.69) is 6.58 Å². The average Bonchev–Trinajstić information content (AvgIpc) is 3.32. The molecule has 1 aromatic rings. The second-order valence-corrected chi connectivity index (χ2v) is 7.98. The Hall–Kier alpha value is -2.34. The lowest BCUT2D eigenvalue weighted by Crippen LogP contribution is -2.66. The van der Waals surface area contributed by atoms with Crippen molar-refractivity contribution in [3.63, 3.8) is 0 Å². The summed E-state index contributed by atoms with van der Waals surface area (Å²) >= 11 is 0. The molecule has 6 heteroatoms. The Morgan fingerprint density at radius 1 is 1.23 bits per heavy atom. The lowest BCUT2D eigenvalue weighted by atomic mass is 9.45. The molecule has 2 spiro atoms. The number of allylic oxidation sites excluding steroid dienone is 1. The van der Waals surface area contributed by atoms with Crippen molar-refractivity contribution >= 4 is 11.9 Å². The molecule has 1 saturated carbocycles. The van der Waals surface area contributed by atoms with Crippen molar-refractivity contribution in [3.8, 4) is 0 Å². The van der Waals surface area contributed by atoms with Crippen molar-refractivity contribution in [1.82, 2.24) is 0 Å². The van der Waals surface area contributed by atoms with Crippen LogP contribution < -0.4 is 0 Å². The first kappa shape index (κ1) is 14.8. The van der Waals surface area contributed by atoms with Crippen LogP contribution >= 0.6 is 0 Å². The highest BCUT2D eigenvalue weighted by Gasteiger charge is 2.78. The molecule has 2 aliphatic carbocycles. The van der Waals surface area contributed by atoms with Gasteiger partial charge >= 0.3 is 11.9 Å². The standard InChI is InChI=1S/C20H18O6/c1-10-7-15-20-12(16(21)25-15)3-2-4-14(20)19(10)8-13(11-5-6-23-9-11)24-18(19)26-17(20)22/h3,5-6,9,13-15,18H,1-2,4,7-8H2/t13-,14+,15+,18+,19+,20+/m1/s1. The summed E-state index contributed by atoms with van der Waals surface area (Å²) in [6.07, 6.45) is 6.43. The Bertz CT molecular complexity index is 882. The molecule has 0 amide bonds. The van der Waals surface area contributed by atoms with Gasteiger partial charge in [0.2, 0.25) is 6.29 Å². The van der Waals surface area contributed by atoms with Gasteiger partial charge in [-0.2, -0.15) is 0 Å². The van der Waals surface area contributed by atoms with E-state index in [-0.39, 0.29) is 24.0 Å². The van der Waals surface area contributed by atoms with Gasteiger partial charge < -0.3 is 18.6 Å². The Morgan fingerprint density at radius 3 is 2.92 bits per heavy atom. The van der Waals surface area contributed by atoms with Gasteiger partial charge in [0.05, 0.1) is 29.6 Å². The van der Waals surface area contributed by atoms with Crippen molar-refractivity contribution in [2.24, 2.45) is 16.7 Å². The molecular formula is C20H18O6. The minimum absolute atomic E-state index is 0.0872. The van der Waals surface area contributed by atoms with E-state index in [1.54, 1.807) is 12.5 Å². The zero-order valence-corrected chi connectivity index (χ0v) is 14.1. The Kier molecular flexibility index (Phi) is 2.55. The van der Waals surface area contributed by atoms with Crippen LogP contribution in [0.25, 0.3) is 0 Å². The molecule has 134 valence electrons. The zero-order valence-electron chi connectivity index (χ0n) is 14.1. The monoisotopic (exact) mass is 354 g/mol. The number of carbonyl (C=O) groups excluding carboxylic acids is 2. The number of carbonyl (C=O) groups is 2. The van der Waals surface area contributed by atoms with Crippen LogP contribution in [-0.4, -0.2) is 24.3 Å². The minimum atomic E-state index is -0.998. The summed E-state index contributed by atoms with van der Waals surface area (Å²) in [5.74, 6) is -0.855. The normalized spacial score (nSPS) is 45.5. The van der Waals surface area contributed by atoms with Gasteiger partial charge in [0.1, 0.15) is 11.5 Å². The van der Waals surface area contributed by atoms with E-state index in [1.165, 1.54) is 0 Å². The SMILES string of the molecule is C=C1C[C@@H]2OC(=O)C3=CCC[C@H]4[C@]15C[C@H](c1ccoc1)O[C@H]5OC(=O)[C@]324. The fraction of sp³-hybridized carbons (Fsp3) is 0.500. The molecule has 4 fully saturated rings. The van der Waals surface area contributed by atoms with Gasteiger partial charge in [-0.15, -0.1) is 0 Å². The molecular weight excluding hydrogens is 336 g/mol. The highest BCUT2D eigenvalue weighted by molar-refractivity contribution is 6.03. The first-order valence-corrected chi connectivity index (χ1v) is 9.07. The topological polar surface area (TPSA) is 75.0 Å². The summed E-state index contributed by atoms with van der Waals surface area (Å²) < 4.78 is 22.8. The zero-order chi connectivity index (χ0) is 17.7. The molecule has 0 aromatic carbocycles. The molecule has 0 radical (unpaired) electrons. The largest absolute Gasteiger partial charge is 0.472 e. The van der Waals surface area contributed by atoms with Gasteiger partial charge in [0.25, 0.3) is 0 Å². The third-order valence-corrected chi connectivity index (χ3v) is 7.19. The number of ether oxygens (including phenoxy) is 3. The summed E-state index contributed by atoms with van der Waals surface area (Å²) in [5.41, 5.74) is 0.893. The highest BCUT2D eigenvalue weighted by atomic mass is 16.7. The fourth-order valence-corrected chi connectivity index (χ4v) is 6.15. The quantitative estimate of drug-likeness (QED) is 0.570. The maximum absolute atomic E-state index is 13.2. The predicted octanol–water partition coefficient (Wildman–Crippen LogP) is 2.82. The van der Waals surface area contributed by atoms with Crippen molar-refractivity contribution in [3.05, 3.63) is 48.0 Å². The van der Waals surface area contributed by atoms with Crippen LogP contribution in [-0.2, 0) is 23.8 Å². The third kappa shape index (κ3) is 1.39. The average molecular weight is 354 g/mol. The van der Waals surface area contributed by atoms with Crippen LogP contribution in [0, 0.1) is 16.7 Å². The second-order valence-electron chi connectivity index (χ2n) is 7.98. The van der Waals surface area contributed by atoms with Crippen LogP contribution in [0.15, 0.2) is 46.8 Å². The van der Waals surface area contributed by atoms with Gasteiger partial charge in [-0.25, -0.2) is 4.79 Å². The third-order valence-electron chi connectivity index (χ3n) is 7.19. The summed E-state index contributed by atoms with van der Waals surface area (Å²) in [5, 5.41) is 0. The van der Waals surface area contributed by atoms with Crippen molar-refractivity contribution in [2.45, 2.75) is 44.2 Å². The van der Waals surface area contributed by atoms with Crippen LogP contribution in [0.5, 0.6) is 0 Å². The van der Waals surface area contributed by atoms with Gasteiger partial charge in [0.15, 0.2) is 0 Å². The number of hydrogen-bond donors (Lipinski definition) is 0. The smallest absolute Gasteiger partial charge is 0.335 e. The molecule has 3 aliphatic heterocycles. The molecule has 6 nitrogen and oxygen atoms in total. The van der Waals surface area contributed by atoms with Crippen LogP contribution in [0.4, 0.5) is 0 Å². The van der Waals surface area contributed by atoms with Gasteiger partial charge in [-0.1, -0.05) is 18.2 Å². The Balaban J connectivity index is 1.54. The molecule has 26 heavy (non-hydrogen) atoms. The molecule has 1 aromatic heterocycles. The number of esters is 2. The molecule has 6 atom stereocenters. The molecule has 0 N–H and O–H groups in total. The van der Waals surface area contributed by atoms with Crippen molar-refractivity contribution in [2.75, 3.05) is 0 Å². The van der Waals surface area contributed by atoms with E-state index < -0.39 is 23.2 Å². The molecule has 4 heterocycles. The van der Waals surface area contributed by atoms with Crippen molar-refractivity contribution in [1.29, 1.82) is 0 Å². The molecule has 5 aliphatic rings. The highest BCUT2D eigenvalue weighted by Crippen LogP contribution is 2.72. The van der Waals surface area contributed by atoms with E-state index in [0.29, 0.717) is 18.4 Å².